The van der Waals surface area contributed by atoms with Gasteiger partial charge in [0.25, 0.3) is 0 Å². The molecule has 0 aliphatic heterocycles. The van der Waals surface area contributed by atoms with Gasteiger partial charge in [0.1, 0.15) is 5.65 Å². The van der Waals surface area contributed by atoms with Crippen LogP contribution in [0.5, 0.6) is 0 Å². The molecule has 0 aliphatic carbocycles. The second-order valence-electron chi connectivity index (χ2n) is 3.99. The van der Waals surface area contributed by atoms with E-state index in [9.17, 15) is 9.90 Å². The number of hydrogen-bond donors (Lipinski definition) is 1. The summed E-state index contributed by atoms with van der Waals surface area (Å²) in [5, 5.41) is 10.2. The van der Waals surface area contributed by atoms with E-state index < -0.39 is 5.97 Å². The predicted molar refractivity (Wildman–Crippen MR) is 64.4 cm³/mol. The van der Waals surface area contributed by atoms with Crippen LogP contribution in [0.1, 0.15) is 15.9 Å². The minimum absolute atomic E-state index is 0.300. The third-order valence-electron chi connectivity index (χ3n) is 2.95. The van der Waals surface area contributed by atoms with Crippen LogP contribution >= 0.6 is 0 Å². The van der Waals surface area contributed by atoms with E-state index in [1.54, 1.807) is 24.5 Å². The highest BCUT2D eigenvalue weighted by atomic mass is 16.4. The fourth-order valence-electron chi connectivity index (χ4n) is 2.18. The molecule has 0 aliphatic rings. The van der Waals surface area contributed by atoms with Crippen molar-refractivity contribution in [1.29, 1.82) is 0 Å². The first kappa shape index (κ1) is 9.84. The number of aromatic carboxylic acids is 1. The Kier molecular flexibility index (Phi) is 1.92. The molecule has 3 rings (SSSR count). The fraction of sp³-hybridized carbons (Fsp3) is 0.0769. The van der Waals surface area contributed by atoms with Gasteiger partial charge in [-0.3, -0.25) is 4.40 Å². The van der Waals surface area contributed by atoms with Crippen LogP contribution in [0, 0.1) is 6.92 Å². The van der Waals surface area contributed by atoms with Crippen LogP contribution in [-0.2, 0) is 0 Å². The van der Waals surface area contributed by atoms with Crippen LogP contribution in [0.2, 0.25) is 0 Å². The molecule has 0 saturated carbocycles. The SMILES string of the molecule is Cc1cc2nccn2c2c(C(=O)O)cccc12. The number of pyridine rings is 1. The molecule has 0 atom stereocenters. The lowest BCUT2D eigenvalue weighted by atomic mass is 10.1. The number of fused-ring (bicyclic) bond motifs is 3. The van der Waals surface area contributed by atoms with Crippen molar-refractivity contribution in [2.45, 2.75) is 6.92 Å². The van der Waals surface area contributed by atoms with Crippen molar-refractivity contribution >= 4 is 22.5 Å². The molecular formula is C13H10N2O2. The molecule has 0 radical (unpaired) electrons. The molecule has 17 heavy (non-hydrogen) atoms. The highest BCUT2D eigenvalue weighted by molar-refractivity contribution is 6.03. The molecule has 0 bridgehead atoms. The van der Waals surface area contributed by atoms with Crippen molar-refractivity contribution in [2.24, 2.45) is 0 Å². The van der Waals surface area contributed by atoms with E-state index in [4.69, 9.17) is 0 Å². The van der Waals surface area contributed by atoms with E-state index in [0.717, 1.165) is 16.6 Å². The molecule has 0 saturated heterocycles. The minimum Gasteiger partial charge on any atom is -0.478 e. The maximum atomic E-state index is 11.3. The average molecular weight is 226 g/mol. The Bertz CT molecular complexity index is 744. The molecule has 0 spiro atoms. The van der Waals surface area contributed by atoms with Gasteiger partial charge < -0.3 is 5.11 Å². The maximum absolute atomic E-state index is 11.3. The third kappa shape index (κ3) is 1.30. The number of nitrogens with zero attached hydrogens (tertiary/aromatic N) is 2. The number of carboxylic acid groups (broad SMARTS) is 1. The standard InChI is InChI=1S/C13H10N2O2/c1-8-7-11-14-5-6-15(11)12-9(8)3-2-4-10(12)13(16)17/h2-7H,1H3,(H,16,17). The molecule has 0 fully saturated rings. The maximum Gasteiger partial charge on any atom is 0.337 e. The summed E-state index contributed by atoms with van der Waals surface area (Å²) in [6.45, 7) is 1.96. The number of hydrogen-bond acceptors (Lipinski definition) is 2. The Morgan fingerprint density at radius 3 is 3.00 bits per heavy atom. The van der Waals surface area contributed by atoms with Gasteiger partial charge in [0.2, 0.25) is 0 Å². The van der Waals surface area contributed by atoms with Gasteiger partial charge in [0.15, 0.2) is 0 Å². The number of rotatable bonds is 1. The molecule has 0 unspecified atom stereocenters. The van der Waals surface area contributed by atoms with Crippen molar-refractivity contribution in [3.63, 3.8) is 0 Å². The second-order valence-corrected chi connectivity index (χ2v) is 3.99. The molecule has 3 aromatic rings. The average Bonchev–Trinajstić information content (AvgIpc) is 2.76. The lowest BCUT2D eigenvalue weighted by Crippen LogP contribution is -2.01. The lowest BCUT2D eigenvalue weighted by molar-refractivity contribution is 0.0699. The van der Waals surface area contributed by atoms with E-state index in [1.807, 2.05) is 23.5 Å². The topological polar surface area (TPSA) is 54.6 Å². The summed E-state index contributed by atoms with van der Waals surface area (Å²) >= 11 is 0. The fourth-order valence-corrected chi connectivity index (χ4v) is 2.18. The summed E-state index contributed by atoms with van der Waals surface area (Å²) in [5.41, 5.74) is 2.80. The Hall–Kier alpha value is -2.36. The first-order chi connectivity index (χ1) is 8.18. The van der Waals surface area contributed by atoms with Gasteiger partial charge >= 0.3 is 5.97 Å². The summed E-state index contributed by atoms with van der Waals surface area (Å²) in [7, 11) is 0. The molecule has 0 amide bonds. The van der Waals surface area contributed by atoms with Crippen molar-refractivity contribution < 1.29 is 9.90 Å². The van der Waals surface area contributed by atoms with Crippen LogP contribution in [0.4, 0.5) is 0 Å². The Morgan fingerprint density at radius 1 is 1.41 bits per heavy atom. The van der Waals surface area contributed by atoms with Crippen molar-refractivity contribution in [2.75, 3.05) is 0 Å². The predicted octanol–water partition coefficient (Wildman–Crippen LogP) is 2.49. The van der Waals surface area contributed by atoms with Gasteiger partial charge in [-0.15, -0.1) is 0 Å². The molecule has 4 nitrogen and oxygen atoms in total. The van der Waals surface area contributed by atoms with Crippen LogP contribution in [-0.4, -0.2) is 20.5 Å². The van der Waals surface area contributed by atoms with E-state index >= 15 is 0 Å². The number of benzene rings is 1. The summed E-state index contributed by atoms with van der Waals surface area (Å²) in [6.07, 6.45) is 3.45. The lowest BCUT2D eigenvalue weighted by Gasteiger charge is -2.08. The zero-order valence-corrected chi connectivity index (χ0v) is 9.21. The van der Waals surface area contributed by atoms with E-state index in [2.05, 4.69) is 4.98 Å². The highest BCUT2D eigenvalue weighted by Gasteiger charge is 2.12. The monoisotopic (exact) mass is 226 g/mol. The number of para-hydroxylation sites is 1. The minimum atomic E-state index is -0.920. The molecule has 4 heteroatoms. The first-order valence-electron chi connectivity index (χ1n) is 5.27. The molecule has 1 aromatic carbocycles. The quantitative estimate of drug-likeness (QED) is 0.693. The summed E-state index contributed by atoms with van der Waals surface area (Å²) in [5.74, 6) is -0.920. The highest BCUT2D eigenvalue weighted by Crippen LogP contribution is 2.24. The van der Waals surface area contributed by atoms with Crippen LogP contribution in [0.15, 0.2) is 36.7 Å². The van der Waals surface area contributed by atoms with Gasteiger partial charge in [0, 0.05) is 17.8 Å². The molecule has 2 aromatic heterocycles. The molecular weight excluding hydrogens is 216 g/mol. The normalized spacial score (nSPS) is 11.1. The van der Waals surface area contributed by atoms with Crippen molar-refractivity contribution in [1.82, 2.24) is 9.38 Å². The van der Waals surface area contributed by atoms with Gasteiger partial charge in [-0.25, -0.2) is 9.78 Å². The number of carboxylic acids is 1. The number of aromatic nitrogens is 2. The summed E-state index contributed by atoms with van der Waals surface area (Å²) in [4.78, 5) is 15.5. The number of carbonyl (C=O) groups is 1. The number of imidazole rings is 1. The summed E-state index contributed by atoms with van der Waals surface area (Å²) < 4.78 is 1.81. The van der Waals surface area contributed by atoms with Gasteiger partial charge in [0.05, 0.1) is 11.1 Å². The van der Waals surface area contributed by atoms with Gasteiger partial charge in [-0.05, 0) is 24.6 Å². The molecule has 2 heterocycles. The molecule has 1 N–H and O–H groups in total. The third-order valence-corrected chi connectivity index (χ3v) is 2.95. The van der Waals surface area contributed by atoms with E-state index in [-0.39, 0.29) is 0 Å². The smallest absolute Gasteiger partial charge is 0.337 e. The first-order valence-corrected chi connectivity index (χ1v) is 5.27. The molecule has 84 valence electrons. The van der Waals surface area contributed by atoms with Crippen molar-refractivity contribution in [3.05, 3.63) is 47.8 Å². The zero-order chi connectivity index (χ0) is 12.0. The van der Waals surface area contributed by atoms with Crippen molar-refractivity contribution in [3.8, 4) is 0 Å². The number of aryl methyl sites for hydroxylation is 1. The zero-order valence-electron chi connectivity index (χ0n) is 9.21. The van der Waals surface area contributed by atoms with Crippen LogP contribution < -0.4 is 0 Å². The largest absolute Gasteiger partial charge is 0.478 e. The van der Waals surface area contributed by atoms with Crippen LogP contribution in [0.25, 0.3) is 16.6 Å². The Morgan fingerprint density at radius 2 is 2.24 bits per heavy atom. The van der Waals surface area contributed by atoms with E-state index in [0.29, 0.717) is 11.1 Å². The van der Waals surface area contributed by atoms with Gasteiger partial charge in [-0.1, -0.05) is 12.1 Å². The Labute approximate surface area is 97.1 Å². The Balaban J connectivity index is 2.64. The summed E-state index contributed by atoms with van der Waals surface area (Å²) in [6, 6.07) is 7.26. The van der Waals surface area contributed by atoms with E-state index in [1.165, 1.54) is 0 Å². The van der Waals surface area contributed by atoms with Crippen LogP contribution in [0.3, 0.4) is 0 Å². The van der Waals surface area contributed by atoms with Gasteiger partial charge in [-0.2, -0.15) is 0 Å². The second kappa shape index (κ2) is 3.31.